The molecule has 8 nitrogen and oxygen atoms in total. The highest BCUT2D eigenvalue weighted by Crippen LogP contribution is 2.28. The van der Waals surface area contributed by atoms with Crippen LogP contribution in [-0.2, 0) is 22.4 Å². The summed E-state index contributed by atoms with van der Waals surface area (Å²) in [4.78, 5) is 23.6. The molecule has 1 atom stereocenters. The molecule has 1 amide bonds. The number of carbonyl (C=O) groups excluding carboxylic acids is 1. The van der Waals surface area contributed by atoms with Gasteiger partial charge in [-0.1, -0.05) is 37.3 Å². The lowest BCUT2D eigenvalue weighted by atomic mass is 10.1. The van der Waals surface area contributed by atoms with E-state index in [1.54, 1.807) is 45.0 Å². The van der Waals surface area contributed by atoms with Crippen LogP contribution in [0, 0.1) is 5.21 Å². The minimum Gasteiger partial charge on any atom is -0.616 e. The second kappa shape index (κ2) is 9.77. The number of pyridine rings is 1. The standard InChI is InChI=1S/C25H28N2O6/c1-5-18-15-17-8-6-7-9-20(17)22(27(18)31)32-19-12-10-16(11-13-19)14-21(23(28)29)26-24(30)33-25(2,3)4/h6-13,15,21H,5,14H2,1-4H3,(H,26,30)(H,28,29)/t21-/m0/s1. The zero-order valence-corrected chi connectivity index (χ0v) is 19.1. The summed E-state index contributed by atoms with van der Waals surface area (Å²) in [6.07, 6.45) is -0.173. The van der Waals surface area contributed by atoms with Gasteiger partial charge in [0.15, 0.2) is 5.69 Å². The normalized spacial score (nSPS) is 12.2. The summed E-state index contributed by atoms with van der Waals surface area (Å²) >= 11 is 0. The highest BCUT2D eigenvalue weighted by atomic mass is 16.6. The number of carboxylic acids is 1. The van der Waals surface area contributed by atoms with Gasteiger partial charge in [-0.3, -0.25) is 0 Å². The van der Waals surface area contributed by atoms with E-state index in [0.717, 1.165) is 10.1 Å². The lowest BCUT2D eigenvalue weighted by Gasteiger charge is -2.22. The monoisotopic (exact) mass is 452 g/mol. The van der Waals surface area contributed by atoms with Crippen LogP contribution in [0.3, 0.4) is 0 Å². The van der Waals surface area contributed by atoms with Crippen LogP contribution in [0.25, 0.3) is 10.8 Å². The first-order valence-corrected chi connectivity index (χ1v) is 10.7. The van der Waals surface area contributed by atoms with Gasteiger partial charge in [0.25, 0.3) is 0 Å². The number of fused-ring (bicyclic) bond motifs is 1. The Balaban J connectivity index is 1.77. The molecule has 1 heterocycles. The number of carbonyl (C=O) groups is 2. The third-order valence-electron chi connectivity index (χ3n) is 4.89. The third kappa shape index (κ3) is 6.12. The minimum atomic E-state index is -1.17. The first-order valence-electron chi connectivity index (χ1n) is 10.7. The van der Waals surface area contributed by atoms with Crippen molar-refractivity contribution in [1.82, 2.24) is 5.32 Å². The van der Waals surface area contributed by atoms with Crippen molar-refractivity contribution in [2.75, 3.05) is 0 Å². The molecule has 0 aliphatic carbocycles. The quantitative estimate of drug-likeness (QED) is 0.407. The van der Waals surface area contributed by atoms with Crippen molar-refractivity contribution in [1.29, 1.82) is 0 Å². The van der Waals surface area contributed by atoms with Crippen LogP contribution < -0.4 is 14.8 Å². The summed E-state index contributed by atoms with van der Waals surface area (Å²) in [7, 11) is 0. The minimum absolute atomic E-state index is 0.0602. The van der Waals surface area contributed by atoms with Gasteiger partial charge in [-0.25, -0.2) is 9.59 Å². The molecular weight excluding hydrogens is 424 g/mol. The van der Waals surface area contributed by atoms with E-state index < -0.39 is 23.7 Å². The van der Waals surface area contributed by atoms with Gasteiger partial charge in [-0.05, 0) is 49.9 Å². The average Bonchev–Trinajstić information content (AvgIpc) is 2.74. The third-order valence-corrected chi connectivity index (χ3v) is 4.89. The summed E-state index contributed by atoms with van der Waals surface area (Å²) in [5.41, 5.74) is 0.537. The fourth-order valence-electron chi connectivity index (χ4n) is 3.33. The Morgan fingerprint density at radius 3 is 2.39 bits per heavy atom. The average molecular weight is 453 g/mol. The number of aryl methyl sites for hydroxylation is 1. The summed E-state index contributed by atoms with van der Waals surface area (Å²) in [6.45, 7) is 7.01. The summed E-state index contributed by atoms with van der Waals surface area (Å²) in [5, 5.41) is 26.2. The highest BCUT2D eigenvalue weighted by Gasteiger charge is 2.24. The fraction of sp³-hybridized carbons (Fsp3) is 0.320. The summed E-state index contributed by atoms with van der Waals surface area (Å²) in [6, 6.07) is 14.9. The van der Waals surface area contributed by atoms with Crippen LogP contribution >= 0.6 is 0 Å². The second-order valence-electron chi connectivity index (χ2n) is 8.66. The number of nitrogens with one attached hydrogen (secondary N) is 1. The van der Waals surface area contributed by atoms with E-state index in [1.807, 2.05) is 37.3 Å². The molecule has 0 aliphatic heterocycles. The van der Waals surface area contributed by atoms with E-state index >= 15 is 0 Å². The van der Waals surface area contributed by atoms with Gasteiger partial charge in [0, 0.05) is 18.9 Å². The highest BCUT2D eigenvalue weighted by molar-refractivity contribution is 5.86. The molecule has 0 unspecified atom stereocenters. The van der Waals surface area contributed by atoms with Crippen LogP contribution in [0.4, 0.5) is 4.79 Å². The first kappa shape index (κ1) is 23.8. The molecule has 0 fully saturated rings. The van der Waals surface area contributed by atoms with E-state index in [1.165, 1.54) is 0 Å². The van der Waals surface area contributed by atoms with Crippen LogP contribution in [0.2, 0.25) is 0 Å². The van der Waals surface area contributed by atoms with E-state index in [4.69, 9.17) is 9.47 Å². The second-order valence-corrected chi connectivity index (χ2v) is 8.66. The van der Waals surface area contributed by atoms with Gasteiger partial charge in [0.1, 0.15) is 17.4 Å². The number of nitrogens with zero attached hydrogens (tertiary/aromatic N) is 1. The molecule has 0 aliphatic rings. The molecule has 3 aromatic rings. The zero-order chi connectivity index (χ0) is 24.2. The van der Waals surface area contributed by atoms with Crippen LogP contribution in [0.15, 0.2) is 54.6 Å². The fourth-order valence-corrected chi connectivity index (χ4v) is 3.33. The van der Waals surface area contributed by atoms with Gasteiger partial charge in [-0.15, -0.1) is 4.73 Å². The van der Waals surface area contributed by atoms with Crippen molar-refractivity contribution >= 4 is 22.8 Å². The lowest BCUT2D eigenvalue weighted by Crippen LogP contribution is -2.44. The molecule has 0 saturated heterocycles. The lowest BCUT2D eigenvalue weighted by molar-refractivity contribution is -0.617. The largest absolute Gasteiger partial charge is 0.616 e. The molecule has 2 N–H and O–H groups in total. The van der Waals surface area contributed by atoms with Crippen LogP contribution in [0.1, 0.15) is 39.0 Å². The molecule has 2 aromatic carbocycles. The van der Waals surface area contributed by atoms with Crippen molar-refractivity contribution in [3.8, 4) is 11.6 Å². The zero-order valence-electron chi connectivity index (χ0n) is 19.1. The van der Waals surface area contributed by atoms with E-state index in [0.29, 0.717) is 28.8 Å². The Bertz CT molecular complexity index is 1150. The number of aromatic nitrogens is 1. The van der Waals surface area contributed by atoms with Crippen molar-refractivity contribution in [2.45, 2.75) is 52.2 Å². The van der Waals surface area contributed by atoms with Crippen molar-refractivity contribution in [3.05, 3.63) is 71.1 Å². The molecule has 0 spiro atoms. The van der Waals surface area contributed by atoms with Gasteiger partial charge in [0.2, 0.25) is 0 Å². The van der Waals surface area contributed by atoms with E-state index in [-0.39, 0.29) is 12.3 Å². The number of alkyl carbamates (subject to hydrolysis) is 1. The van der Waals surface area contributed by atoms with Gasteiger partial charge in [0.05, 0.1) is 5.39 Å². The number of amides is 1. The number of ether oxygens (including phenoxy) is 2. The molecular formula is C25H28N2O6. The van der Waals surface area contributed by atoms with Crippen LogP contribution in [0.5, 0.6) is 11.6 Å². The molecule has 0 radical (unpaired) electrons. The van der Waals surface area contributed by atoms with E-state index in [2.05, 4.69) is 5.32 Å². The Morgan fingerprint density at radius 1 is 1.12 bits per heavy atom. The maximum absolute atomic E-state index is 12.8. The Labute approximate surface area is 192 Å². The SMILES string of the molecule is CCc1cc2ccccc2c(Oc2ccc(C[C@H](NC(=O)OC(C)(C)C)C(=O)O)cc2)[n+]1[O-]. The number of benzene rings is 2. The van der Waals surface area contributed by atoms with Crippen molar-refractivity contribution in [3.63, 3.8) is 0 Å². The van der Waals surface area contributed by atoms with Crippen LogP contribution in [-0.4, -0.2) is 28.8 Å². The maximum atomic E-state index is 12.8. The number of rotatable bonds is 7. The van der Waals surface area contributed by atoms with Gasteiger partial charge >= 0.3 is 17.9 Å². The maximum Gasteiger partial charge on any atom is 0.408 e. The molecule has 174 valence electrons. The van der Waals surface area contributed by atoms with E-state index in [9.17, 15) is 19.9 Å². The smallest absolute Gasteiger partial charge is 0.408 e. The number of hydrogen-bond acceptors (Lipinski definition) is 5. The molecule has 33 heavy (non-hydrogen) atoms. The molecule has 0 saturated carbocycles. The Kier molecular flexibility index (Phi) is 7.06. The molecule has 0 bridgehead atoms. The summed E-state index contributed by atoms with van der Waals surface area (Å²) in [5.74, 6) is -0.544. The number of carboxylic acid groups (broad SMARTS) is 1. The predicted octanol–water partition coefficient (Wildman–Crippen LogP) is 4.35. The first-order chi connectivity index (χ1) is 15.6. The molecule has 1 aromatic heterocycles. The molecule has 8 heteroatoms. The van der Waals surface area contributed by atoms with Gasteiger partial charge in [-0.2, -0.15) is 0 Å². The number of aliphatic carboxylic acids is 1. The van der Waals surface area contributed by atoms with Gasteiger partial charge < -0.3 is 25.1 Å². The van der Waals surface area contributed by atoms with Crippen molar-refractivity contribution in [2.24, 2.45) is 0 Å². The topological polar surface area (TPSA) is 112 Å². The molecule has 3 rings (SSSR count). The predicted molar refractivity (Wildman–Crippen MR) is 123 cm³/mol. The Morgan fingerprint density at radius 2 is 1.79 bits per heavy atom. The Hall–Kier alpha value is -3.81. The van der Waals surface area contributed by atoms with Crippen molar-refractivity contribution < 1.29 is 28.9 Å². The number of hydrogen-bond donors (Lipinski definition) is 2. The summed E-state index contributed by atoms with van der Waals surface area (Å²) < 4.78 is 11.9.